The van der Waals surface area contributed by atoms with Crippen molar-refractivity contribution in [1.29, 1.82) is 0 Å². The van der Waals surface area contributed by atoms with E-state index in [0.717, 1.165) is 52.1 Å². The molecule has 5 heterocycles. The van der Waals surface area contributed by atoms with Crippen LogP contribution in [0.3, 0.4) is 0 Å². The molecule has 33 heavy (non-hydrogen) atoms. The third kappa shape index (κ3) is 4.51. The van der Waals surface area contributed by atoms with Crippen LogP contribution in [0.4, 0.5) is 10.9 Å². The van der Waals surface area contributed by atoms with Gasteiger partial charge in [-0.2, -0.15) is 0 Å². The molecule has 0 aromatic carbocycles. The molecule has 0 spiro atoms. The molecular weight excluding hydrogens is 454 g/mol. The number of carbonyl (C=O) groups is 1. The van der Waals surface area contributed by atoms with Crippen LogP contribution in [0.15, 0.2) is 23.7 Å². The number of aromatic nitrogens is 3. The first-order chi connectivity index (χ1) is 16.0. The molecule has 2 unspecified atom stereocenters. The lowest BCUT2D eigenvalue weighted by molar-refractivity contribution is -0.00235. The second-order valence-electron chi connectivity index (χ2n) is 8.45. The van der Waals surface area contributed by atoms with Crippen LogP contribution in [0.1, 0.15) is 46.7 Å². The second kappa shape index (κ2) is 9.21. The zero-order valence-electron chi connectivity index (χ0n) is 18.6. The first kappa shape index (κ1) is 22.0. The van der Waals surface area contributed by atoms with Crippen molar-refractivity contribution in [3.63, 3.8) is 0 Å². The molecule has 0 aliphatic carbocycles. The molecule has 1 N–H and O–H groups in total. The number of amides is 1. The average Bonchev–Trinajstić information content (AvgIpc) is 3.47. The molecule has 3 aromatic heterocycles. The van der Waals surface area contributed by atoms with E-state index in [-0.39, 0.29) is 24.1 Å². The van der Waals surface area contributed by atoms with Crippen molar-refractivity contribution in [1.82, 2.24) is 19.9 Å². The lowest BCUT2D eigenvalue weighted by atomic mass is 9.98. The van der Waals surface area contributed by atoms with E-state index in [9.17, 15) is 4.79 Å². The summed E-state index contributed by atoms with van der Waals surface area (Å²) < 4.78 is 5.75. The predicted octanol–water partition coefficient (Wildman–Crippen LogP) is 4.81. The summed E-state index contributed by atoms with van der Waals surface area (Å²) in [7, 11) is 0. The quantitative estimate of drug-likeness (QED) is 0.511. The molecule has 9 heteroatoms. The minimum absolute atomic E-state index is 0.0459. The number of aryl methyl sites for hydroxylation is 2. The Morgan fingerprint density at radius 2 is 2.06 bits per heavy atom. The molecule has 5 rings (SSSR count). The highest BCUT2D eigenvalue weighted by Crippen LogP contribution is 2.38. The molecule has 2 atom stereocenters. The third-order valence-electron chi connectivity index (χ3n) is 6.21. The Morgan fingerprint density at radius 3 is 2.70 bits per heavy atom. The average molecular weight is 480 g/mol. The van der Waals surface area contributed by atoms with Crippen molar-refractivity contribution in [3.05, 3.63) is 40.0 Å². The van der Waals surface area contributed by atoms with Gasteiger partial charge in [-0.1, -0.05) is 5.92 Å². The van der Waals surface area contributed by atoms with Gasteiger partial charge >= 0.3 is 0 Å². The van der Waals surface area contributed by atoms with Crippen LogP contribution in [0.25, 0.3) is 10.6 Å². The van der Waals surface area contributed by atoms with Crippen LogP contribution in [0.5, 0.6) is 0 Å². The maximum absolute atomic E-state index is 13.2. The van der Waals surface area contributed by atoms with E-state index in [0.29, 0.717) is 18.0 Å². The highest BCUT2D eigenvalue weighted by molar-refractivity contribution is 7.16. The number of fused-ring (bicyclic) bond motifs is 2. The molecule has 7 nitrogen and oxygen atoms in total. The van der Waals surface area contributed by atoms with Crippen molar-refractivity contribution in [2.75, 3.05) is 11.9 Å². The van der Waals surface area contributed by atoms with Gasteiger partial charge in [0.1, 0.15) is 12.4 Å². The number of anilines is 2. The van der Waals surface area contributed by atoms with Gasteiger partial charge in [-0.25, -0.2) is 15.0 Å². The molecule has 0 saturated carbocycles. The largest absolute Gasteiger partial charge is 0.365 e. The predicted molar refractivity (Wildman–Crippen MR) is 131 cm³/mol. The monoisotopic (exact) mass is 479 g/mol. The fourth-order valence-corrected chi connectivity index (χ4v) is 6.48. The molecule has 2 saturated heterocycles. The maximum atomic E-state index is 13.2. The van der Waals surface area contributed by atoms with Crippen LogP contribution in [0.2, 0.25) is 0 Å². The minimum atomic E-state index is 0.0459. The van der Waals surface area contributed by atoms with E-state index >= 15 is 0 Å². The van der Waals surface area contributed by atoms with Crippen molar-refractivity contribution < 1.29 is 9.53 Å². The summed E-state index contributed by atoms with van der Waals surface area (Å²) in [5, 5.41) is 7.06. The third-order valence-corrected chi connectivity index (χ3v) is 8.07. The molecule has 170 valence electrons. The lowest BCUT2D eigenvalue weighted by Crippen LogP contribution is -2.48. The normalized spacial score (nSPS) is 21.7. The van der Waals surface area contributed by atoms with Crippen molar-refractivity contribution in [2.45, 2.75) is 57.7 Å². The van der Waals surface area contributed by atoms with E-state index < -0.39 is 0 Å². The van der Waals surface area contributed by atoms with Crippen molar-refractivity contribution >= 4 is 39.5 Å². The van der Waals surface area contributed by atoms with Crippen LogP contribution in [-0.4, -0.2) is 50.6 Å². The SMILES string of the molecule is C#CCOC1CC2CCC(C1)N2C(=O)c1ccc(Nc2nc(-c3sc(C)nc3C)cs2)nc1. The number of nitrogens with zero attached hydrogens (tertiary/aromatic N) is 4. The first-order valence-electron chi connectivity index (χ1n) is 11.0. The Hall–Kier alpha value is -2.80. The summed E-state index contributed by atoms with van der Waals surface area (Å²) in [6, 6.07) is 4.10. The molecule has 2 aliphatic rings. The number of ether oxygens (including phenoxy) is 1. The number of hydrogen-bond acceptors (Lipinski definition) is 8. The summed E-state index contributed by atoms with van der Waals surface area (Å²) in [5.74, 6) is 3.24. The van der Waals surface area contributed by atoms with E-state index in [1.54, 1.807) is 17.5 Å². The van der Waals surface area contributed by atoms with E-state index in [1.807, 2.05) is 36.3 Å². The van der Waals surface area contributed by atoms with Gasteiger partial charge in [-0.15, -0.1) is 29.1 Å². The van der Waals surface area contributed by atoms with E-state index in [2.05, 4.69) is 26.2 Å². The van der Waals surface area contributed by atoms with Crippen LogP contribution >= 0.6 is 22.7 Å². The molecule has 2 bridgehead atoms. The molecule has 2 fully saturated rings. The van der Waals surface area contributed by atoms with Crippen LogP contribution in [-0.2, 0) is 4.74 Å². The summed E-state index contributed by atoms with van der Waals surface area (Å²) in [6.07, 6.45) is 10.9. The summed E-state index contributed by atoms with van der Waals surface area (Å²) in [5.41, 5.74) is 2.52. The summed E-state index contributed by atoms with van der Waals surface area (Å²) in [6.45, 7) is 4.34. The Kier molecular flexibility index (Phi) is 6.15. The summed E-state index contributed by atoms with van der Waals surface area (Å²) in [4.78, 5) is 30.0. The summed E-state index contributed by atoms with van der Waals surface area (Å²) >= 11 is 3.17. The standard InChI is InChI=1S/C24H25N5O2S2/c1-4-9-31-19-10-17-6-7-18(11-19)29(17)23(30)16-5-8-21(25-12-16)28-24-27-20(13-32-24)22-14(2)26-15(3)33-22/h1,5,8,12-13,17-19H,6-7,9-11H2,2-3H3,(H,25,27,28). The molecule has 2 aliphatic heterocycles. The van der Waals surface area contributed by atoms with Gasteiger partial charge in [-0.3, -0.25) is 4.79 Å². The highest BCUT2D eigenvalue weighted by Gasteiger charge is 2.43. The van der Waals surface area contributed by atoms with Crippen LogP contribution in [0, 0.1) is 26.2 Å². The van der Waals surface area contributed by atoms with Gasteiger partial charge in [0.15, 0.2) is 5.13 Å². The Balaban J connectivity index is 1.24. The van der Waals surface area contributed by atoms with Gasteiger partial charge < -0.3 is 15.0 Å². The number of piperidine rings is 1. The van der Waals surface area contributed by atoms with Gasteiger partial charge in [0.05, 0.1) is 32.9 Å². The Morgan fingerprint density at radius 1 is 1.27 bits per heavy atom. The van der Waals surface area contributed by atoms with E-state index in [1.165, 1.54) is 11.3 Å². The second-order valence-corrected chi connectivity index (χ2v) is 10.5. The van der Waals surface area contributed by atoms with Gasteiger partial charge in [-0.05, 0) is 51.7 Å². The van der Waals surface area contributed by atoms with E-state index in [4.69, 9.17) is 11.2 Å². The van der Waals surface area contributed by atoms with Gasteiger partial charge in [0.2, 0.25) is 0 Å². The topological polar surface area (TPSA) is 80.2 Å². The molecular formula is C24H25N5O2S2. The van der Waals surface area contributed by atoms with Crippen LogP contribution < -0.4 is 5.32 Å². The number of terminal acetylenes is 1. The maximum Gasteiger partial charge on any atom is 0.255 e. The molecule has 0 radical (unpaired) electrons. The minimum Gasteiger partial charge on any atom is -0.365 e. The van der Waals surface area contributed by atoms with Crippen molar-refractivity contribution in [3.8, 4) is 22.9 Å². The zero-order chi connectivity index (χ0) is 22.9. The lowest BCUT2D eigenvalue weighted by Gasteiger charge is -2.38. The Labute approximate surface area is 201 Å². The first-order valence-corrected chi connectivity index (χ1v) is 12.7. The fourth-order valence-electron chi connectivity index (χ4n) is 4.82. The molecule has 3 aromatic rings. The number of pyridine rings is 1. The fraction of sp³-hybridized carbons (Fsp3) is 0.417. The number of hydrogen-bond donors (Lipinski definition) is 1. The zero-order valence-corrected chi connectivity index (χ0v) is 20.2. The Bertz CT molecular complexity index is 1180. The molecule has 1 amide bonds. The van der Waals surface area contributed by atoms with Gasteiger partial charge in [0.25, 0.3) is 5.91 Å². The van der Waals surface area contributed by atoms with Gasteiger partial charge in [0, 0.05) is 23.7 Å². The highest BCUT2D eigenvalue weighted by atomic mass is 32.1. The number of rotatable bonds is 6. The number of thiazole rings is 2. The smallest absolute Gasteiger partial charge is 0.255 e. The van der Waals surface area contributed by atoms with Crippen molar-refractivity contribution in [2.24, 2.45) is 0 Å². The number of carbonyl (C=O) groups excluding carboxylic acids is 1. The number of nitrogens with one attached hydrogen (secondary N) is 1.